The summed E-state index contributed by atoms with van der Waals surface area (Å²) in [5, 5.41) is 9.11. The molecule has 3 fully saturated rings. The summed E-state index contributed by atoms with van der Waals surface area (Å²) >= 11 is 0. The zero-order chi connectivity index (χ0) is 18.9. The van der Waals surface area contributed by atoms with E-state index < -0.39 is 0 Å². The molecule has 0 aliphatic heterocycles. The normalized spacial score (nSPS) is 20.5. The highest BCUT2D eigenvalue weighted by Gasteiger charge is 2.42. The highest BCUT2D eigenvalue weighted by atomic mass is 16.1. The van der Waals surface area contributed by atoms with Gasteiger partial charge < -0.3 is 5.32 Å². The van der Waals surface area contributed by atoms with E-state index in [1.807, 2.05) is 17.7 Å². The Morgan fingerprint density at radius 3 is 2.30 bits per heavy atom. The molecule has 27 heavy (non-hydrogen) atoms. The third-order valence-corrected chi connectivity index (χ3v) is 6.27. The predicted molar refractivity (Wildman–Crippen MR) is 106 cm³/mol. The summed E-state index contributed by atoms with van der Waals surface area (Å²) in [4.78, 5) is 18.3. The molecule has 3 aliphatic carbocycles. The van der Waals surface area contributed by atoms with Gasteiger partial charge >= 0.3 is 0 Å². The van der Waals surface area contributed by atoms with Crippen molar-refractivity contribution < 1.29 is 4.79 Å². The monoisotopic (exact) mass is 366 g/mol. The minimum Gasteiger partial charge on any atom is -0.349 e. The van der Waals surface area contributed by atoms with Gasteiger partial charge in [-0.3, -0.25) is 4.79 Å². The Labute approximate surface area is 160 Å². The van der Waals surface area contributed by atoms with Crippen molar-refractivity contribution in [3.63, 3.8) is 0 Å². The number of aryl methyl sites for hydroxylation is 1. The fraction of sp³-hybridized carbons (Fsp3) is 0.682. The Hall–Kier alpha value is -1.91. The van der Waals surface area contributed by atoms with E-state index >= 15 is 0 Å². The van der Waals surface area contributed by atoms with E-state index in [2.05, 4.69) is 26.1 Å². The number of rotatable bonds is 5. The van der Waals surface area contributed by atoms with E-state index in [0.29, 0.717) is 23.8 Å². The summed E-state index contributed by atoms with van der Waals surface area (Å²) in [6.07, 6.45) is 7.41. The summed E-state index contributed by atoms with van der Waals surface area (Å²) in [5.74, 6) is 1.97. The summed E-state index contributed by atoms with van der Waals surface area (Å²) in [6, 6.07) is 2.41. The van der Waals surface area contributed by atoms with Gasteiger partial charge in [0.15, 0.2) is 5.65 Å². The van der Waals surface area contributed by atoms with E-state index in [0.717, 1.165) is 28.0 Å². The number of carbonyl (C=O) groups excluding carboxylic acids is 1. The van der Waals surface area contributed by atoms with Crippen molar-refractivity contribution in [3.05, 3.63) is 23.0 Å². The van der Waals surface area contributed by atoms with Crippen molar-refractivity contribution in [2.24, 2.45) is 11.8 Å². The average molecular weight is 367 g/mol. The van der Waals surface area contributed by atoms with Gasteiger partial charge in [0.1, 0.15) is 0 Å². The second-order valence-electron chi connectivity index (χ2n) is 9.91. The van der Waals surface area contributed by atoms with Crippen molar-refractivity contribution >= 4 is 16.9 Å². The number of hydrogen-bond acceptors (Lipinski definition) is 3. The van der Waals surface area contributed by atoms with Crippen LogP contribution in [0.5, 0.6) is 0 Å². The molecule has 5 heteroatoms. The number of carbonyl (C=O) groups is 1. The van der Waals surface area contributed by atoms with Crippen molar-refractivity contribution in [1.82, 2.24) is 20.1 Å². The van der Waals surface area contributed by atoms with Gasteiger partial charge in [0, 0.05) is 17.7 Å². The first kappa shape index (κ1) is 17.2. The van der Waals surface area contributed by atoms with E-state index in [9.17, 15) is 4.79 Å². The minimum absolute atomic E-state index is 0.0738. The first-order chi connectivity index (χ1) is 12.8. The van der Waals surface area contributed by atoms with Crippen molar-refractivity contribution in [2.45, 2.75) is 83.7 Å². The molecule has 1 N–H and O–H groups in total. The Kier molecular flexibility index (Phi) is 3.69. The lowest BCUT2D eigenvalue weighted by atomic mass is 10.0. The van der Waals surface area contributed by atoms with Crippen molar-refractivity contribution in [1.29, 1.82) is 0 Å². The number of amides is 1. The summed E-state index contributed by atoms with van der Waals surface area (Å²) in [7, 11) is 0. The van der Waals surface area contributed by atoms with E-state index in [4.69, 9.17) is 10.1 Å². The van der Waals surface area contributed by atoms with Crippen LogP contribution in [0.15, 0.2) is 6.07 Å². The fourth-order valence-corrected chi connectivity index (χ4v) is 4.30. The zero-order valence-corrected chi connectivity index (χ0v) is 16.9. The Balaban J connectivity index is 1.59. The van der Waals surface area contributed by atoms with Crippen molar-refractivity contribution in [2.75, 3.05) is 0 Å². The van der Waals surface area contributed by atoms with Crippen LogP contribution in [0, 0.1) is 18.8 Å². The Morgan fingerprint density at radius 1 is 1.15 bits per heavy atom. The molecule has 2 aromatic heterocycles. The summed E-state index contributed by atoms with van der Waals surface area (Å²) < 4.78 is 2.00. The molecule has 0 unspecified atom stereocenters. The average Bonchev–Trinajstić information content (AvgIpc) is 3.45. The molecule has 5 rings (SSSR count). The molecule has 0 spiro atoms. The zero-order valence-electron chi connectivity index (χ0n) is 16.9. The quantitative estimate of drug-likeness (QED) is 0.859. The van der Waals surface area contributed by atoms with Gasteiger partial charge in [0.05, 0.1) is 22.2 Å². The molecule has 0 aromatic carbocycles. The molecule has 0 atom stereocenters. The van der Waals surface area contributed by atoms with Gasteiger partial charge in [-0.15, -0.1) is 0 Å². The van der Waals surface area contributed by atoms with Crippen LogP contribution in [-0.2, 0) is 5.54 Å². The van der Waals surface area contributed by atoms with Crippen LogP contribution in [0.2, 0.25) is 0 Å². The van der Waals surface area contributed by atoms with Crippen LogP contribution < -0.4 is 5.32 Å². The number of pyridine rings is 1. The molecule has 0 bridgehead atoms. The van der Waals surface area contributed by atoms with Crippen LogP contribution >= 0.6 is 0 Å². The molecule has 144 valence electrons. The molecule has 1 amide bonds. The van der Waals surface area contributed by atoms with Crippen molar-refractivity contribution in [3.8, 4) is 0 Å². The lowest BCUT2D eigenvalue weighted by Crippen LogP contribution is -2.38. The van der Waals surface area contributed by atoms with E-state index in [1.165, 1.54) is 38.5 Å². The molecule has 5 nitrogen and oxygen atoms in total. The number of fused-ring (bicyclic) bond motifs is 1. The number of aromatic nitrogens is 3. The molecular formula is C22H30N4O. The third kappa shape index (κ3) is 3.15. The first-order valence-electron chi connectivity index (χ1n) is 10.5. The highest BCUT2D eigenvalue weighted by molar-refractivity contribution is 6.06. The summed E-state index contributed by atoms with van der Waals surface area (Å²) in [6.45, 7) is 8.42. The second-order valence-corrected chi connectivity index (χ2v) is 9.91. The van der Waals surface area contributed by atoms with Gasteiger partial charge in [-0.1, -0.05) is 0 Å². The molecule has 0 radical (unpaired) electrons. The molecule has 2 aromatic rings. The van der Waals surface area contributed by atoms with Gasteiger partial charge in [0.2, 0.25) is 0 Å². The minimum atomic E-state index is -0.167. The topological polar surface area (TPSA) is 59.8 Å². The number of nitrogens with one attached hydrogen (secondary N) is 1. The van der Waals surface area contributed by atoms with Gasteiger partial charge in [-0.2, -0.15) is 5.10 Å². The lowest BCUT2D eigenvalue weighted by Gasteiger charge is -2.21. The molecule has 2 heterocycles. The molecule has 3 aliphatic rings. The van der Waals surface area contributed by atoms with Crippen LogP contribution in [0.4, 0.5) is 0 Å². The van der Waals surface area contributed by atoms with E-state index in [-0.39, 0.29) is 11.4 Å². The lowest BCUT2D eigenvalue weighted by molar-refractivity contribution is 0.0927. The standard InChI is InChI=1S/C22H30N4O/c1-12-18-16(21(27)24-19(14-7-8-14)15-9-10-15)11-17(13-5-6-13)23-20(18)26(25-12)22(2,3)4/h11,13-15,19H,5-10H2,1-4H3,(H,24,27). The highest BCUT2D eigenvalue weighted by Crippen LogP contribution is 2.45. The smallest absolute Gasteiger partial charge is 0.252 e. The van der Waals surface area contributed by atoms with Gasteiger partial charge in [-0.25, -0.2) is 9.67 Å². The second kappa shape index (κ2) is 5.79. The Morgan fingerprint density at radius 2 is 1.78 bits per heavy atom. The summed E-state index contributed by atoms with van der Waals surface area (Å²) in [5.41, 5.74) is 3.44. The van der Waals surface area contributed by atoms with Crippen LogP contribution in [0.3, 0.4) is 0 Å². The maximum absolute atomic E-state index is 13.4. The SMILES string of the molecule is Cc1nn(C(C)(C)C)c2nc(C3CC3)cc(C(=O)NC(C3CC3)C3CC3)c12. The first-order valence-corrected chi connectivity index (χ1v) is 10.5. The maximum atomic E-state index is 13.4. The number of nitrogens with zero attached hydrogens (tertiary/aromatic N) is 3. The maximum Gasteiger partial charge on any atom is 0.252 e. The van der Waals surface area contributed by atoms with E-state index in [1.54, 1.807) is 0 Å². The fourth-order valence-electron chi connectivity index (χ4n) is 4.30. The van der Waals surface area contributed by atoms with Crippen LogP contribution in [-0.4, -0.2) is 26.7 Å². The van der Waals surface area contributed by atoms with Crippen LogP contribution in [0.1, 0.15) is 87.0 Å². The number of hydrogen-bond donors (Lipinski definition) is 1. The van der Waals surface area contributed by atoms with Gasteiger partial charge in [-0.05, 0) is 84.1 Å². The third-order valence-electron chi connectivity index (χ3n) is 6.27. The molecular weight excluding hydrogens is 336 g/mol. The Bertz CT molecular complexity index is 899. The molecule has 0 saturated heterocycles. The predicted octanol–water partition coefficient (Wildman–Crippen LogP) is 4.29. The largest absolute Gasteiger partial charge is 0.349 e. The van der Waals surface area contributed by atoms with Crippen LogP contribution in [0.25, 0.3) is 11.0 Å². The molecule has 3 saturated carbocycles. The van der Waals surface area contributed by atoms with Gasteiger partial charge in [0.25, 0.3) is 5.91 Å².